The maximum absolute atomic E-state index is 12.7. The van der Waals surface area contributed by atoms with Crippen LogP contribution in [-0.2, 0) is 19.1 Å². The maximum atomic E-state index is 12.7. The highest BCUT2D eigenvalue weighted by molar-refractivity contribution is 5.83. The number of morpholine rings is 1. The number of hydrogen-bond donors (Lipinski definition) is 1. The van der Waals surface area contributed by atoms with Crippen molar-refractivity contribution in [3.8, 4) is 0 Å². The van der Waals surface area contributed by atoms with Gasteiger partial charge in [0.2, 0.25) is 11.8 Å². The Morgan fingerprint density at radius 2 is 1.65 bits per heavy atom. The Hall–Kier alpha value is -1.63. The van der Waals surface area contributed by atoms with Crippen LogP contribution in [0.1, 0.15) is 32.1 Å². The lowest BCUT2D eigenvalue weighted by molar-refractivity contribution is -0.152. The van der Waals surface area contributed by atoms with Crippen molar-refractivity contribution >= 4 is 17.8 Å². The van der Waals surface area contributed by atoms with E-state index in [1.165, 1.54) is 0 Å². The number of piperidine rings is 1. The predicted molar refractivity (Wildman–Crippen MR) is 80.6 cm³/mol. The molecule has 23 heavy (non-hydrogen) atoms. The molecule has 3 aliphatic rings. The Morgan fingerprint density at radius 1 is 0.957 bits per heavy atom. The number of carboxylic acids is 1. The van der Waals surface area contributed by atoms with E-state index in [9.17, 15) is 14.4 Å². The summed E-state index contributed by atoms with van der Waals surface area (Å²) in [6.07, 6.45) is 3.10. The second kappa shape index (κ2) is 6.86. The normalized spacial score (nSPS) is 28.5. The SMILES string of the molecule is O=C(O)CC1CN(C(=O)C2CCCN(C(=O)C3CC3)C2)CCO1. The summed E-state index contributed by atoms with van der Waals surface area (Å²) in [6.45, 7) is 2.47. The minimum Gasteiger partial charge on any atom is -0.481 e. The molecule has 2 aliphatic heterocycles. The van der Waals surface area contributed by atoms with Crippen molar-refractivity contribution < 1.29 is 24.2 Å². The van der Waals surface area contributed by atoms with Gasteiger partial charge >= 0.3 is 5.97 Å². The molecular weight excluding hydrogens is 300 g/mol. The van der Waals surface area contributed by atoms with E-state index in [2.05, 4.69) is 0 Å². The Kier molecular flexibility index (Phi) is 4.84. The molecule has 0 aromatic heterocycles. The molecule has 7 heteroatoms. The van der Waals surface area contributed by atoms with E-state index < -0.39 is 12.1 Å². The van der Waals surface area contributed by atoms with Crippen LogP contribution >= 0.6 is 0 Å². The first kappa shape index (κ1) is 16.2. The molecule has 7 nitrogen and oxygen atoms in total. The summed E-state index contributed by atoms with van der Waals surface area (Å²) < 4.78 is 5.42. The van der Waals surface area contributed by atoms with Crippen molar-refractivity contribution in [2.45, 2.75) is 38.2 Å². The minimum absolute atomic E-state index is 0.0389. The van der Waals surface area contributed by atoms with Gasteiger partial charge < -0.3 is 19.6 Å². The van der Waals surface area contributed by atoms with Gasteiger partial charge in [-0.3, -0.25) is 14.4 Å². The minimum atomic E-state index is -0.914. The average Bonchev–Trinajstić information content (AvgIpc) is 3.38. The maximum Gasteiger partial charge on any atom is 0.306 e. The van der Waals surface area contributed by atoms with E-state index in [1.807, 2.05) is 4.90 Å². The fourth-order valence-electron chi connectivity index (χ4n) is 3.46. The Balaban J connectivity index is 1.56. The first-order chi connectivity index (χ1) is 11.0. The number of likely N-dealkylation sites (tertiary alicyclic amines) is 1. The highest BCUT2D eigenvalue weighted by Crippen LogP contribution is 2.32. The van der Waals surface area contributed by atoms with E-state index in [4.69, 9.17) is 9.84 Å². The number of amides is 2. The van der Waals surface area contributed by atoms with Crippen LogP contribution in [0.25, 0.3) is 0 Å². The molecule has 0 spiro atoms. The van der Waals surface area contributed by atoms with Gasteiger partial charge in [-0.25, -0.2) is 0 Å². The summed E-state index contributed by atoms with van der Waals surface area (Å²) in [5, 5.41) is 8.87. The quantitative estimate of drug-likeness (QED) is 0.805. The van der Waals surface area contributed by atoms with Gasteiger partial charge in [-0.05, 0) is 25.7 Å². The number of carboxylic acid groups (broad SMARTS) is 1. The highest BCUT2D eigenvalue weighted by Gasteiger charge is 2.38. The molecule has 2 atom stereocenters. The number of hydrogen-bond acceptors (Lipinski definition) is 4. The third-order valence-electron chi connectivity index (χ3n) is 4.86. The third-order valence-corrected chi connectivity index (χ3v) is 4.86. The van der Waals surface area contributed by atoms with Crippen molar-refractivity contribution in [3.63, 3.8) is 0 Å². The van der Waals surface area contributed by atoms with Crippen LogP contribution in [-0.4, -0.2) is 71.6 Å². The zero-order valence-corrected chi connectivity index (χ0v) is 13.3. The van der Waals surface area contributed by atoms with Gasteiger partial charge in [0.1, 0.15) is 0 Å². The molecule has 1 N–H and O–H groups in total. The molecular formula is C16H24N2O5. The van der Waals surface area contributed by atoms with E-state index in [0.29, 0.717) is 26.2 Å². The molecule has 0 radical (unpaired) electrons. The van der Waals surface area contributed by atoms with Gasteiger partial charge in [0, 0.05) is 32.1 Å². The average molecular weight is 324 g/mol. The number of ether oxygens (including phenoxy) is 1. The van der Waals surface area contributed by atoms with Crippen LogP contribution in [0.4, 0.5) is 0 Å². The molecule has 2 unspecified atom stereocenters. The van der Waals surface area contributed by atoms with Gasteiger partial charge in [0.15, 0.2) is 0 Å². The monoisotopic (exact) mass is 324 g/mol. The van der Waals surface area contributed by atoms with Crippen LogP contribution in [0.3, 0.4) is 0 Å². The highest BCUT2D eigenvalue weighted by atomic mass is 16.5. The van der Waals surface area contributed by atoms with Crippen LogP contribution in [0, 0.1) is 11.8 Å². The topological polar surface area (TPSA) is 87.2 Å². The molecule has 2 heterocycles. The van der Waals surface area contributed by atoms with Crippen LogP contribution in [0.15, 0.2) is 0 Å². The van der Waals surface area contributed by atoms with E-state index in [1.54, 1.807) is 4.90 Å². The predicted octanol–water partition coefficient (Wildman–Crippen LogP) is 0.337. The molecule has 1 saturated carbocycles. The zero-order valence-electron chi connectivity index (χ0n) is 13.3. The second-order valence-corrected chi connectivity index (χ2v) is 6.77. The van der Waals surface area contributed by atoms with Crippen molar-refractivity contribution in [1.82, 2.24) is 9.80 Å². The molecule has 0 aromatic rings. The van der Waals surface area contributed by atoms with Crippen LogP contribution in [0.2, 0.25) is 0 Å². The lowest BCUT2D eigenvalue weighted by Gasteiger charge is -2.38. The van der Waals surface area contributed by atoms with Crippen molar-refractivity contribution in [2.24, 2.45) is 11.8 Å². The molecule has 3 fully saturated rings. The Bertz CT molecular complexity index is 491. The summed E-state index contributed by atoms with van der Waals surface area (Å²) in [4.78, 5) is 39.3. The summed E-state index contributed by atoms with van der Waals surface area (Å²) in [6, 6.07) is 0. The molecule has 128 valence electrons. The Labute approximate surface area is 135 Å². The molecule has 0 bridgehead atoms. The summed E-state index contributed by atoms with van der Waals surface area (Å²) in [5.74, 6) is -0.643. The molecule has 1 aliphatic carbocycles. The van der Waals surface area contributed by atoms with E-state index in [0.717, 1.165) is 32.2 Å². The lowest BCUT2D eigenvalue weighted by Crippen LogP contribution is -2.52. The number of aliphatic carboxylic acids is 1. The van der Waals surface area contributed by atoms with Crippen molar-refractivity contribution in [3.05, 3.63) is 0 Å². The van der Waals surface area contributed by atoms with Gasteiger partial charge in [0.05, 0.1) is 25.0 Å². The lowest BCUT2D eigenvalue weighted by atomic mass is 9.95. The fourth-order valence-corrected chi connectivity index (χ4v) is 3.46. The number of carbonyl (C=O) groups is 3. The first-order valence-electron chi connectivity index (χ1n) is 8.45. The molecule has 2 amide bonds. The third kappa shape index (κ3) is 4.02. The van der Waals surface area contributed by atoms with Crippen molar-refractivity contribution in [1.29, 1.82) is 0 Å². The number of nitrogens with zero attached hydrogens (tertiary/aromatic N) is 2. The van der Waals surface area contributed by atoms with E-state index in [-0.39, 0.29) is 30.1 Å². The fraction of sp³-hybridized carbons (Fsp3) is 0.812. The number of carbonyl (C=O) groups excluding carboxylic acids is 2. The van der Waals surface area contributed by atoms with Gasteiger partial charge in [-0.1, -0.05) is 0 Å². The van der Waals surface area contributed by atoms with E-state index >= 15 is 0 Å². The van der Waals surface area contributed by atoms with Gasteiger partial charge in [-0.15, -0.1) is 0 Å². The van der Waals surface area contributed by atoms with Gasteiger partial charge in [-0.2, -0.15) is 0 Å². The second-order valence-electron chi connectivity index (χ2n) is 6.77. The van der Waals surface area contributed by atoms with Gasteiger partial charge in [0.25, 0.3) is 0 Å². The summed E-state index contributed by atoms with van der Waals surface area (Å²) in [7, 11) is 0. The molecule has 3 rings (SSSR count). The zero-order chi connectivity index (χ0) is 16.4. The Morgan fingerprint density at radius 3 is 2.35 bits per heavy atom. The number of rotatable bonds is 4. The first-order valence-corrected chi connectivity index (χ1v) is 8.45. The molecule has 0 aromatic carbocycles. The van der Waals surface area contributed by atoms with Crippen LogP contribution in [0.5, 0.6) is 0 Å². The molecule has 2 saturated heterocycles. The van der Waals surface area contributed by atoms with Crippen LogP contribution < -0.4 is 0 Å². The largest absolute Gasteiger partial charge is 0.481 e. The summed E-state index contributed by atoms with van der Waals surface area (Å²) in [5.41, 5.74) is 0. The smallest absolute Gasteiger partial charge is 0.306 e. The van der Waals surface area contributed by atoms with Crippen molar-refractivity contribution in [2.75, 3.05) is 32.8 Å². The summed E-state index contributed by atoms with van der Waals surface area (Å²) >= 11 is 0. The standard InChI is InChI=1S/C16H24N2O5/c19-14(20)8-13-10-18(6-7-23-13)16(22)12-2-1-5-17(9-12)15(21)11-3-4-11/h11-13H,1-10H2,(H,19,20).